The fourth-order valence-electron chi connectivity index (χ4n) is 1.79. The zero-order valence-electron chi connectivity index (χ0n) is 9.90. The Hall–Kier alpha value is -1.71. The summed E-state index contributed by atoms with van der Waals surface area (Å²) in [5, 5.41) is 9.13. The van der Waals surface area contributed by atoms with Gasteiger partial charge in [-0.3, -0.25) is 0 Å². The lowest BCUT2D eigenvalue weighted by Crippen LogP contribution is -2.31. The number of hydrogen-bond donors (Lipinski definition) is 2. The molecule has 0 radical (unpaired) electrons. The molecule has 4 heteroatoms. The van der Waals surface area contributed by atoms with Gasteiger partial charge in [0.2, 0.25) is 0 Å². The van der Waals surface area contributed by atoms with Crippen molar-refractivity contribution in [3.8, 4) is 0 Å². The standard InChI is InChI=1S/C12H18N2O2/c1-4-14(8(2)3)11-6-5-9(13)7-10(11)12(15)16/h5-8H,4,13H2,1-3H3,(H,15,16). The zero-order valence-corrected chi connectivity index (χ0v) is 9.90. The number of aromatic carboxylic acids is 1. The Kier molecular flexibility index (Phi) is 3.77. The van der Waals surface area contributed by atoms with Gasteiger partial charge in [-0.15, -0.1) is 0 Å². The van der Waals surface area contributed by atoms with E-state index in [4.69, 9.17) is 10.8 Å². The number of rotatable bonds is 4. The third-order valence-corrected chi connectivity index (χ3v) is 2.52. The van der Waals surface area contributed by atoms with E-state index in [1.54, 1.807) is 12.1 Å². The molecule has 0 saturated heterocycles. The van der Waals surface area contributed by atoms with Gasteiger partial charge in [0.25, 0.3) is 0 Å². The van der Waals surface area contributed by atoms with Crippen LogP contribution < -0.4 is 10.6 Å². The number of anilines is 2. The van der Waals surface area contributed by atoms with Crippen LogP contribution in [0.15, 0.2) is 18.2 Å². The second kappa shape index (κ2) is 4.88. The average Bonchev–Trinajstić information content (AvgIpc) is 2.20. The van der Waals surface area contributed by atoms with Crippen LogP contribution >= 0.6 is 0 Å². The van der Waals surface area contributed by atoms with Gasteiger partial charge in [-0.25, -0.2) is 4.79 Å². The quantitative estimate of drug-likeness (QED) is 0.766. The number of carboxylic acid groups (broad SMARTS) is 1. The molecule has 0 aliphatic rings. The predicted octanol–water partition coefficient (Wildman–Crippen LogP) is 2.20. The van der Waals surface area contributed by atoms with E-state index in [1.807, 2.05) is 25.7 Å². The summed E-state index contributed by atoms with van der Waals surface area (Å²) in [6, 6.07) is 5.25. The van der Waals surface area contributed by atoms with Crippen molar-refractivity contribution < 1.29 is 9.90 Å². The number of hydrogen-bond acceptors (Lipinski definition) is 3. The molecule has 0 amide bonds. The molecule has 0 heterocycles. The van der Waals surface area contributed by atoms with E-state index in [2.05, 4.69) is 0 Å². The van der Waals surface area contributed by atoms with E-state index < -0.39 is 5.97 Å². The molecule has 0 fully saturated rings. The van der Waals surface area contributed by atoms with Crippen LogP contribution in [0.5, 0.6) is 0 Å². The van der Waals surface area contributed by atoms with Crippen molar-refractivity contribution in [3.05, 3.63) is 23.8 Å². The molecule has 1 aromatic rings. The van der Waals surface area contributed by atoms with E-state index in [0.29, 0.717) is 5.69 Å². The Balaban J connectivity index is 3.26. The number of nitrogens with two attached hydrogens (primary N) is 1. The molecule has 0 spiro atoms. The predicted molar refractivity (Wildman–Crippen MR) is 66.0 cm³/mol. The molecule has 0 unspecified atom stereocenters. The van der Waals surface area contributed by atoms with Gasteiger partial charge in [-0.1, -0.05) is 0 Å². The highest BCUT2D eigenvalue weighted by molar-refractivity contribution is 5.95. The summed E-state index contributed by atoms with van der Waals surface area (Å²) in [6.07, 6.45) is 0. The molecular formula is C12H18N2O2. The minimum absolute atomic E-state index is 0.256. The van der Waals surface area contributed by atoms with Gasteiger partial charge in [-0.2, -0.15) is 0 Å². The Bertz CT molecular complexity index is 389. The van der Waals surface area contributed by atoms with Gasteiger partial charge >= 0.3 is 5.97 Å². The van der Waals surface area contributed by atoms with Crippen LogP contribution in [-0.2, 0) is 0 Å². The van der Waals surface area contributed by atoms with E-state index in [9.17, 15) is 4.79 Å². The summed E-state index contributed by atoms with van der Waals surface area (Å²) >= 11 is 0. The molecule has 3 N–H and O–H groups in total. The van der Waals surface area contributed by atoms with Crippen molar-refractivity contribution >= 4 is 17.3 Å². The van der Waals surface area contributed by atoms with Gasteiger partial charge in [0, 0.05) is 18.3 Å². The molecule has 4 nitrogen and oxygen atoms in total. The lowest BCUT2D eigenvalue weighted by molar-refractivity contribution is 0.0697. The second-order valence-electron chi connectivity index (χ2n) is 3.96. The van der Waals surface area contributed by atoms with Gasteiger partial charge in [0.15, 0.2) is 0 Å². The maximum atomic E-state index is 11.1. The first-order valence-corrected chi connectivity index (χ1v) is 5.36. The Morgan fingerprint density at radius 1 is 1.50 bits per heavy atom. The molecular weight excluding hydrogens is 204 g/mol. The third-order valence-electron chi connectivity index (χ3n) is 2.52. The summed E-state index contributed by atoms with van der Waals surface area (Å²) in [5.41, 5.74) is 7.06. The zero-order chi connectivity index (χ0) is 12.3. The lowest BCUT2D eigenvalue weighted by atomic mass is 10.1. The number of benzene rings is 1. The van der Waals surface area contributed by atoms with Crippen LogP contribution in [-0.4, -0.2) is 23.7 Å². The first kappa shape index (κ1) is 12.4. The molecule has 0 aromatic heterocycles. The van der Waals surface area contributed by atoms with Crippen molar-refractivity contribution in [1.82, 2.24) is 0 Å². The first-order valence-electron chi connectivity index (χ1n) is 5.36. The minimum Gasteiger partial charge on any atom is -0.478 e. The van der Waals surface area contributed by atoms with Crippen LogP contribution in [0.2, 0.25) is 0 Å². The minimum atomic E-state index is -0.943. The Labute approximate surface area is 95.7 Å². The normalized spacial score (nSPS) is 10.5. The highest BCUT2D eigenvalue weighted by Crippen LogP contribution is 2.24. The van der Waals surface area contributed by atoms with Crippen molar-refractivity contribution in [2.24, 2.45) is 0 Å². The fraction of sp³-hybridized carbons (Fsp3) is 0.417. The smallest absolute Gasteiger partial charge is 0.337 e. The molecule has 1 aromatic carbocycles. The summed E-state index contributed by atoms with van der Waals surface area (Å²) in [7, 11) is 0. The maximum Gasteiger partial charge on any atom is 0.337 e. The molecule has 0 bridgehead atoms. The van der Waals surface area contributed by atoms with Crippen LogP contribution in [0.4, 0.5) is 11.4 Å². The summed E-state index contributed by atoms with van der Waals surface area (Å²) in [4.78, 5) is 13.2. The van der Waals surface area contributed by atoms with Gasteiger partial charge in [0.05, 0.1) is 11.3 Å². The topological polar surface area (TPSA) is 66.6 Å². The molecule has 16 heavy (non-hydrogen) atoms. The SMILES string of the molecule is CCN(c1ccc(N)cc1C(=O)O)C(C)C. The molecule has 0 saturated carbocycles. The molecule has 0 atom stereocenters. The third kappa shape index (κ3) is 2.45. The van der Waals surface area contributed by atoms with E-state index in [-0.39, 0.29) is 11.6 Å². The van der Waals surface area contributed by atoms with Crippen molar-refractivity contribution in [2.75, 3.05) is 17.2 Å². The van der Waals surface area contributed by atoms with Gasteiger partial charge in [-0.05, 0) is 39.0 Å². The summed E-state index contributed by atoms with van der Waals surface area (Å²) in [5.74, 6) is -0.943. The lowest BCUT2D eigenvalue weighted by Gasteiger charge is -2.28. The Morgan fingerprint density at radius 2 is 2.12 bits per heavy atom. The van der Waals surface area contributed by atoms with Gasteiger partial charge < -0.3 is 15.7 Å². The highest BCUT2D eigenvalue weighted by Gasteiger charge is 2.17. The van der Waals surface area contributed by atoms with Crippen LogP contribution in [0.1, 0.15) is 31.1 Å². The first-order chi connectivity index (χ1) is 7.47. The number of carboxylic acids is 1. The maximum absolute atomic E-state index is 11.1. The van der Waals surface area contributed by atoms with Gasteiger partial charge in [0.1, 0.15) is 0 Å². The molecule has 88 valence electrons. The van der Waals surface area contributed by atoms with Crippen LogP contribution in [0.25, 0.3) is 0 Å². The fourth-order valence-corrected chi connectivity index (χ4v) is 1.79. The van der Waals surface area contributed by atoms with Crippen molar-refractivity contribution in [3.63, 3.8) is 0 Å². The largest absolute Gasteiger partial charge is 0.478 e. The average molecular weight is 222 g/mol. The molecule has 0 aliphatic heterocycles. The highest BCUT2D eigenvalue weighted by atomic mass is 16.4. The Morgan fingerprint density at radius 3 is 2.56 bits per heavy atom. The number of carbonyl (C=O) groups is 1. The van der Waals surface area contributed by atoms with E-state index in [1.165, 1.54) is 6.07 Å². The van der Waals surface area contributed by atoms with Crippen LogP contribution in [0, 0.1) is 0 Å². The summed E-state index contributed by atoms with van der Waals surface area (Å²) in [6.45, 7) is 6.83. The molecule has 1 rings (SSSR count). The van der Waals surface area contributed by atoms with E-state index in [0.717, 1.165) is 12.2 Å². The molecule has 0 aliphatic carbocycles. The van der Waals surface area contributed by atoms with Crippen molar-refractivity contribution in [1.29, 1.82) is 0 Å². The number of nitrogen functional groups attached to an aromatic ring is 1. The van der Waals surface area contributed by atoms with E-state index >= 15 is 0 Å². The monoisotopic (exact) mass is 222 g/mol. The second-order valence-corrected chi connectivity index (χ2v) is 3.96. The summed E-state index contributed by atoms with van der Waals surface area (Å²) < 4.78 is 0. The number of nitrogens with zero attached hydrogens (tertiary/aromatic N) is 1. The van der Waals surface area contributed by atoms with Crippen LogP contribution in [0.3, 0.4) is 0 Å². The van der Waals surface area contributed by atoms with Crippen molar-refractivity contribution in [2.45, 2.75) is 26.8 Å².